The summed E-state index contributed by atoms with van der Waals surface area (Å²) in [6.45, 7) is 0. The number of methoxy groups -OCH3 is 1. The predicted molar refractivity (Wildman–Crippen MR) is 95.7 cm³/mol. The van der Waals surface area contributed by atoms with E-state index in [4.69, 9.17) is 4.74 Å². The van der Waals surface area contributed by atoms with Crippen molar-refractivity contribution in [1.82, 2.24) is 5.10 Å². The molecular formula is C17H20N2O6S2. The van der Waals surface area contributed by atoms with E-state index >= 15 is 0 Å². The van der Waals surface area contributed by atoms with Crippen LogP contribution in [0.1, 0.15) is 32.1 Å². The minimum Gasteiger partial charge on any atom is -0.593 e. The van der Waals surface area contributed by atoms with E-state index in [-0.39, 0.29) is 15.5 Å². The van der Waals surface area contributed by atoms with E-state index in [1.807, 2.05) is 0 Å². The van der Waals surface area contributed by atoms with E-state index in [0.29, 0.717) is 12.8 Å². The molecule has 0 bridgehead atoms. The van der Waals surface area contributed by atoms with Gasteiger partial charge in [0.15, 0.2) is 0 Å². The Morgan fingerprint density at radius 3 is 2.33 bits per heavy atom. The van der Waals surface area contributed by atoms with Crippen molar-refractivity contribution < 1.29 is 26.4 Å². The Morgan fingerprint density at radius 2 is 1.70 bits per heavy atom. The average molecular weight is 412 g/mol. The number of hydrogen-bond acceptors (Lipinski definition) is 7. The second-order valence-corrected chi connectivity index (χ2v) is 10.4. The zero-order chi connectivity index (χ0) is 19.7. The molecular weight excluding hydrogens is 392 g/mol. The normalized spacial score (nSPS) is 16.2. The van der Waals surface area contributed by atoms with E-state index in [9.17, 15) is 22.0 Å². The molecule has 0 amide bonds. The fraction of sp³-hybridized carbons (Fsp3) is 0.412. The highest BCUT2D eigenvalue weighted by molar-refractivity contribution is 7.92. The third-order valence-corrected chi connectivity index (χ3v) is 8.57. The molecule has 0 atom stereocenters. The molecule has 1 aliphatic carbocycles. The van der Waals surface area contributed by atoms with Gasteiger partial charge in [-0.25, -0.2) is 16.8 Å². The van der Waals surface area contributed by atoms with Crippen molar-refractivity contribution >= 4 is 19.7 Å². The molecule has 0 spiro atoms. The molecule has 3 rings (SSSR count). The maximum Gasteiger partial charge on any atom is 0.339 e. The molecule has 146 valence electrons. The van der Waals surface area contributed by atoms with E-state index in [1.165, 1.54) is 25.3 Å². The van der Waals surface area contributed by atoms with Crippen LogP contribution in [0.4, 0.5) is 0 Å². The van der Waals surface area contributed by atoms with E-state index < -0.39 is 35.0 Å². The van der Waals surface area contributed by atoms with Gasteiger partial charge in [-0.15, -0.1) is 0 Å². The molecule has 0 saturated heterocycles. The summed E-state index contributed by atoms with van der Waals surface area (Å²) in [4.78, 5) is -0.334. The number of rotatable bonds is 5. The third kappa shape index (κ3) is 3.63. The molecule has 1 aliphatic rings. The molecule has 1 saturated carbocycles. The number of hydrogen-bond donors (Lipinski definition) is 0. The zero-order valence-electron chi connectivity index (χ0n) is 14.7. The van der Waals surface area contributed by atoms with Crippen LogP contribution in [0.15, 0.2) is 51.3 Å². The summed E-state index contributed by atoms with van der Waals surface area (Å²) in [6.07, 6.45) is 3.63. The van der Waals surface area contributed by atoms with Crippen molar-refractivity contribution in [2.45, 2.75) is 52.3 Å². The van der Waals surface area contributed by atoms with Crippen molar-refractivity contribution in [3.63, 3.8) is 0 Å². The summed E-state index contributed by atoms with van der Waals surface area (Å²) >= 11 is 0. The van der Waals surface area contributed by atoms with Crippen LogP contribution >= 0.6 is 0 Å². The Kier molecular flexibility index (Phi) is 5.38. The number of benzene rings is 1. The maximum absolute atomic E-state index is 12.8. The molecule has 2 aromatic rings. The number of aromatic nitrogens is 2. The Balaban J connectivity index is 2.02. The van der Waals surface area contributed by atoms with Crippen LogP contribution in [0.5, 0.6) is 5.75 Å². The topological polar surface area (TPSA) is 117 Å². The van der Waals surface area contributed by atoms with Gasteiger partial charge >= 0.3 is 5.03 Å². The molecule has 0 aliphatic heterocycles. The van der Waals surface area contributed by atoms with Gasteiger partial charge in [0.05, 0.1) is 12.4 Å². The van der Waals surface area contributed by atoms with Gasteiger partial charge in [0, 0.05) is 11.2 Å². The molecule has 0 unspecified atom stereocenters. The fourth-order valence-corrected chi connectivity index (χ4v) is 6.36. The molecule has 1 fully saturated rings. The molecule has 10 heteroatoms. The van der Waals surface area contributed by atoms with Crippen LogP contribution < -0.4 is 9.58 Å². The lowest BCUT2D eigenvalue weighted by atomic mass is 10.0. The molecule has 8 nitrogen and oxygen atoms in total. The van der Waals surface area contributed by atoms with Crippen LogP contribution in [0, 0.1) is 5.21 Å². The SMILES string of the molecule is COc1ccccc1S(=O)(=O)c1ccc(S(=O)(=O)C2CCCCC2)n[n+]1[O-]. The monoisotopic (exact) mass is 412 g/mol. The predicted octanol–water partition coefficient (Wildman–Crippen LogP) is 1.66. The number of para-hydroxylation sites is 1. The molecule has 0 radical (unpaired) electrons. The zero-order valence-corrected chi connectivity index (χ0v) is 16.4. The molecule has 27 heavy (non-hydrogen) atoms. The van der Waals surface area contributed by atoms with Crippen LogP contribution in [-0.2, 0) is 19.7 Å². The van der Waals surface area contributed by atoms with Crippen molar-refractivity contribution in [2.24, 2.45) is 0 Å². The first-order chi connectivity index (χ1) is 12.8. The van der Waals surface area contributed by atoms with Crippen molar-refractivity contribution in [3.8, 4) is 5.75 Å². The number of ether oxygens (including phenoxy) is 1. The minimum absolute atomic E-state index is 0.0800. The van der Waals surface area contributed by atoms with Gasteiger partial charge in [0.2, 0.25) is 14.9 Å². The molecule has 1 heterocycles. The summed E-state index contributed by atoms with van der Waals surface area (Å²) in [5, 5.41) is 14.2. The lowest BCUT2D eigenvalue weighted by molar-refractivity contribution is -0.711. The Hall–Kier alpha value is -2.20. The minimum atomic E-state index is -4.23. The summed E-state index contributed by atoms with van der Waals surface area (Å²) in [5.74, 6) is 0.0800. The maximum atomic E-state index is 12.8. The lowest BCUT2D eigenvalue weighted by Crippen LogP contribution is -2.40. The fourth-order valence-electron chi connectivity index (χ4n) is 3.22. The van der Waals surface area contributed by atoms with Crippen LogP contribution in [-0.4, -0.2) is 34.3 Å². The van der Waals surface area contributed by atoms with Crippen LogP contribution in [0.3, 0.4) is 0 Å². The van der Waals surface area contributed by atoms with Gasteiger partial charge in [-0.3, -0.25) is 0 Å². The van der Waals surface area contributed by atoms with Crippen molar-refractivity contribution in [1.29, 1.82) is 0 Å². The smallest absolute Gasteiger partial charge is 0.339 e. The van der Waals surface area contributed by atoms with Gasteiger partial charge in [-0.1, -0.05) is 31.4 Å². The average Bonchev–Trinajstić information content (AvgIpc) is 2.68. The Labute approximate surface area is 158 Å². The van der Waals surface area contributed by atoms with E-state index in [2.05, 4.69) is 5.10 Å². The van der Waals surface area contributed by atoms with E-state index in [0.717, 1.165) is 31.4 Å². The first kappa shape index (κ1) is 19.6. The van der Waals surface area contributed by atoms with Gasteiger partial charge in [0.1, 0.15) is 10.6 Å². The second-order valence-electron chi connectivity index (χ2n) is 6.34. The third-order valence-electron chi connectivity index (χ3n) is 4.66. The van der Waals surface area contributed by atoms with Crippen molar-refractivity contribution in [3.05, 3.63) is 41.6 Å². The largest absolute Gasteiger partial charge is 0.593 e. The summed E-state index contributed by atoms with van der Waals surface area (Å²) in [5.41, 5.74) is 0. The van der Waals surface area contributed by atoms with Crippen molar-refractivity contribution in [2.75, 3.05) is 7.11 Å². The second kappa shape index (κ2) is 7.43. The Morgan fingerprint density at radius 1 is 1.04 bits per heavy atom. The van der Waals surface area contributed by atoms with Crippen LogP contribution in [0.2, 0.25) is 0 Å². The summed E-state index contributed by atoms with van der Waals surface area (Å²) in [6, 6.07) is 7.93. The summed E-state index contributed by atoms with van der Waals surface area (Å²) in [7, 11) is -6.69. The van der Waals surface area contributed by atoms with Gasteiger partial charge in [-0.2, -0.15) is 0 Å². The molecule has 1 aromatic carbocycles. The quantitative estimate of drug-likeness (QED) is 0.541. The van der Waals surface area contributed by atoms with Gasteiger partial charge in [-0.05, 0) is 35.9 Å². The van der Waals surface area contributed by atoms with Gasteiger partial charge in [0.25, 0.3) is 9.84 Å². The molecule has 1 aromatic heterocycles. The standard InChI is InChI=1S/C17H20N2O6S2/c1-25-14-9-5-6-10-15(14)27(23,24)17-12-11-16(18-19(17)20)26(21,22)13-7-3-2-4-8-13/h5-6,9-13H,2-4,7-8H2,1H3. The number of sulfone groups is 2. The molecule has 0 N–H and O–H groups in total. The highest BCUT2D eigenvalue weighted by Crippen LogP contribution is 2.29. The highest BCUT2D eigenvalue weighted by Gasteiger charge is 2.35. The van der Waals surface area contributed by atoms with Crippen LogP contribution in [0.25, 0.3) is 0 Å². The summed E-state index contributed by atoms with van der Waals surface area (Å²) < 4.78 is 56.0. The lowest BCUT2D eigenvalue weighted by Gasteiger charge is -2.20. The van der Waals surface area contributed by atoms with Gasteiger partial charge < -0.3 is 9.94 Å². The van der Waals surface area contributed by atoms with E-state index in [1.54, 1.807) is 6.07 Å². The first-order valence-electron chi connectivity index (χ1n) is 8.51. The first-order valence-corrected chi connectivity index (χ1v) is 11.5. The highest BCUT2D eigenvalue weighted by atomic mass is 32.2. The number of nitrogens with zero attached hydrogens (tertiary/aromatic N) is 2. The Bertz CT molecular complexity index is 1040.